The van der Waals surface area contributed by atoms with Crippen molar-refractivity contribution < 1.29 is 21.6 Å². The highest BCUT2D eigenvalue weighted by Gasteiger charge is 2.47. The van der Waals surface area contributed by atoms with Gasteiger partial charge in [-0.2, -0.15) is 13.2 Å². The van der Waals surface area contributed by atoms with Crippen molar-refractivity contribution in [1.29, 1.82) is 0 Å². The van der Waals surface area contributed by atoms with E-state index in [1.54, 1.807) is 4.72 Å². The normalized spacial score (nSPS) is 29.1. The van der Waals surface area contributed by atoms with Crippen LogP contribution in [0, 0.1) is 0 Å². The van der Waals surface area contributed by atoms with Crippen molar-refractivity contribution in [3.05, 3.63) is 0 Å². The molecule has 0 radical (unpaired) electrons. The van der Waals surface area contributed by atoms with Crippen LogP contribution in [0.2, 0.25) is 0 Å². The van der Waals surface area contributed by atoms with Crippen molar-refractivity contribution in [3.63, 3.8) is 0 Å². The molecule has 0 aromatic heterocycles. The van der Waals surface area contributed by atoms with Crippen molar-refractivity contribution >= 4 is 10.0 Å². The number of nitrogens with two attached hydrogens (primary N) is 1. The Morgan fingerprint density at radius 3 is 2.20 bits per heavy atom. The van der Waals surface area contributed by atoms with E-state index in [-0.39, 0.29) is 0 Å². The second kappa shape index (κ2) is 4.26. The fourth-order valence-electron chi connectivity index (χ4n) is 1.57. The third-order valence-electron chi connectivity index (χ3n) is 2.43. The molecule has 8 heteroatoms. The summed E-state index contributed by atoms with van der Waals surface area (Å²) in [6.07, 6.45) is 2.42. The molecule has 1 fully saturated rings. The molecule has 0 bridgehead atoms. The van der Waals surface area contributed by atoms with Crippen molar-refractivity contribution in [2.24, 2.45) is 5.73 Å². The van der Waals surface area contributed by atoms with Crippen LogP contribution in [0.1, 0.15) is 25.7 Å². The van der Waals surface area contributed by atoms with Gasteiger partial charge in [-0.3, -0.25) is 0 Å². The van der Waals surface area contributed by atoms with Crippen molar-refractivity contribution in [2.45, 2.75) is 43.3 Å². The summed E-state index contributed by atoms with van der Waals surface area (Å²) in [7, 11) is -5.26. The minimum absolute atomic E-state index is 0.358. The largest absolute Gasteiger partial charge is 0.511 e. The summed E-state index contributed by atoms with van der Waals surface area (Å²) in [5.74, 6) is 0. The molecule has 1 aliphatic rings. The van der Waals surface area contributed by atoms with E-state index in [4.69, 9.17) is 5.73 Å². The minimum atomic E-state index is -5.26. The van der Waals surface area contributed by atoms with Gasteiger partial charge in [0.25, 0.3) is 0 Å². The molecule has 0 saturated heterocycles. The molecule has 0 aromatic carbocycles. The number of halogens is 3. The third-order valence-corrected chi connectivity index (χ3v) is 3.65. The van der Waals surface area contributed by atoms with Crippen molar-refractivity contribution in [3.8, 4) is 0 Å². The molecule has 0 amide bonds. The standard InChI is InChI=1S/C7H13F3N2O2S/c8-7(9,10)15(13,14)12-6-4-2-1-3-5(6)11/h5-6,12H,1-4,11H2. The van der Waals surface area contributed by atoms with Gasteiger partial charge >= 0.3 is 15.5 Å². The molecule has 2 atom stereocenters. The Kier molecular flexibility index (Phi) is 3.62. The lowest BCUT2D eigenvalue weighted by molar-refractivity contribution is -0.0452. The van der Waals surface area contributed by atoms with Gasteiger partial charge in [0.2, 0.25) is 0 Å². The summed E-state index contributed by atoms with van der Waals surface area (Å²) < 4.78 is 59.2. The summed E-state index contributed by atoms with van der Waals surface area (Å²) in [5.41, 5.74) is 0.275. The van der Waals surface area contributed by atoms with Crippen LogP contribution in [0.15, 0.2) is 0 Å². The maximum Gasteiger partial charge on any atom is 0.511 e. The molecular weight excluding hydrogens is 233 g/mol. The van der Waals surface area contributed by atoms with Gasteiger partial charge in [-0.1, -0.05) is 12.8 Å². The SMILES string of the molecule is NC1CCCCC1NS(=O)(=O)C(F)(F)F. The van der Waals surface area contributed by atoms with Crippen LogP contribution in [0.5, 0.6) is 0 Å². The fraction of sp³-hybridized carbons (Fsp3) is 1.00. The highest BCUT2D eigenvalue weighted by molar-refractivity contribution is 7.90. The van der Waals surface area contributed by atoms with Crippen LogP contribution >= 0.6 is 0 Å². The molecule has 0 aromatic rings. The van der Waals surface area contributed by atoms with Crippen molar-refractivity contribution in [2.75, 3.05) is 0 Å². The second-order valence-corrected chi connectivity index (χ2v) is 5.33. The van der Waals surface area contributed by atoms with Gasteiger partial charge in [0, 0.05) is 12.1 Å². The number of nitrogens with one attached hydrogen (secondary N) is 1. The molecular formula is C7H13F3N2O2S. The average molecular weight is 246 g/mol. The lowest BCUT2D eigenvalue weighted by Crippen LogP contribution is -2.52. The Morgan fingerprint density at radius 2 is 1.73 bits per heavy atom. The third kappa shape index (κ3) is 3.05. The monoisotopic (exact) mass is 246 g/mol. The number of alkyl halides is 3. The molecule has 0 spiro atoms. The van der Waals surface area contributed by atoms with Crippen molar-refractivity contribution in [1.82, 2.24) is 4.72 Å². The van der Waals surface area contributed by atoms with Gasteiger partial charge in [0.1, 0.15) is 0 Å². The lowest BCUT2D eigenvalue weighted by Gasteiger charge is -2.29. The Balaban J connectivity index is 2.69. The number of hydrogen-bond acceptors (Lipinski definition) is 3. The van der Waals surface area contributed by atoms with Crippen LogP contribution in [-0.2, 0) is 10.0 Å². The Morgan fingerprint density at radius 1 is 1.20 bits per heavy atom. The molecule has 2 unspecified atom stereocenters. The van der Waals surface area contributed by atoms with E-state index in [1.807, 2.05) is 0 Å². The van der Waals surface area contributed by atoms with Gasteiger partial charge in [0.15, 0.2) is 0 Å². The van der Waals surface area contributed by atoms with Crippen LogP contribution in [0.3, 0.4) is 0 Å². The maximum atomic E-state index is 12.0. The Bertz CT molecular complexity index is 315. The van der Waals surface area contributed by atoms with Crippen LogP contribution in [0.25, 0.3) is 0 Å². The first kappa shape index (κ1) is 12.7. The minimum Gasteiger partial charge on any atom is -0.326 e. The van der Waals surface area contributed by atoms with Gasteiger partial charge < -0.3 is 5.73 Å². The van der Waals surface area contributed by atoms with Gasteiger partial charge in [-0.05, 0) is 12.8 Å². The summed E-state index contributed by atoms with van der Waals surface area (Å²) in [6, 6.07) is -1.33. The number of hydrogen-bond donors (Lipinski definition) is 2. The van der Waals surface area contributed by atoms with Gasteiger partial charge in [-0.25, -0.2) is 13.1 Å². The lowest BCUT2D eigenvalue weighted by atomic mass is 9.92. The molecule has 15 heavy (non-hydrogen) atoms. The highest BCUT2D eigenvalue weighted by Crippen LogP contribution is 2.25. The zero-order valence-electron chi connectivity index (χ0n) is 7.92. The van der Waals surface area contributed by atoms with Gasteiger partial charge in [0.05, 0.1) is 0 Å². The molecule has 1 rings (SSSR count). The quantitative estimate of drug-likeness (QED) is 0.753. The highest BCUT2D eigenvalue weighted by atomic mass is 32.2. The Hall–Kier alpha value is -0.340. The molecule has 1 saturated carbocycles. The van der Waals surface area contributed by atoms with Crippen LogP contribution in [0.4, 0.5) is 13.2 Å². The molecule has 0 aliphatic heterocycles. The van der Waals surface area contributed by atoms with E-state index in [0.717, 1.165) is 6.42 Å². The van der Waals surface area contributed by atoms with E-state index >= 15 is 0 Å². The van der Waals surface area contributed by atoms with E-state index < -0.39 is 27.6 Å². The first-order valence-corrected chi connectivity index (χ1v) is 6.06. The number of rotatable bonds is 2. The predicted molar refractivity (Wildman–Crippen MR) is 48.3 cm³/mol. The summed E-state index contributed by atoms with van der Waals surface area (Å²) >= 11 is 0. The van der Waals surface area contributed by atoms with Crippen LogP contribution in [-0.4, -0.2) is 26.0 Å². The van der Waals surface area contributed by atoms with Gasteiger partial charge in [-0.15, -0.1) is 0 Å². The maximum absolute atomic E-state index is 12.0. The van der Waals surface area contributed by atoms with E-state index in [1.165, 1.54) is 0 Å². The predicted octanol–water partition coefficient (Wildman–Crippen LogP) is 0.696. The zero-order valence-corrected chi connectivity index (χ0v) is 8.74. The molecule has 90 valence electrons. The summed E-state index contributed by atoms with van der Waals surface area (Å²) in [4.78, 5) is 0. The fourth-order valence-corrected chi connectivity index (χ4v) is 2.40. The van der Waals surface area contributed by atoms with Crippen LogP contribution < -0.4 is 10.5 Å². The average Bonchev–Trinajstić information content (AvgIpc) is 2.06. The summed E-state index contributed by atoms with van der Waals surface area (Å²) in [6.45, 7) is 0. The smallest absolute Gasteiger partial charge is 0.326 e. The second-order valence-electron chi connectivity index (χ2n) is 3.62. The molecule has 0 heterocycles. The van der Waals surface area contributed by atoms with E-state index in [2.05, 4.69) is 0 Å². The van der Waals surface area contributed by atoms with E-state index in [0.29, 0.717) is 19.3 Å². The molecule has 1 aliphatic carbocycles. The Labute approximate surface area is 86.1 Å². The number of sulfonamides is 1. The summed E-state index contributed by atoms with van der Waals surface area (Å²) in [5, 5.41) is 0. The first-order valence-electron chi connectivity index (χ1n) is 4.58. The molecule has 3 N–H and O–H groups in total. The topological polar surface area (TPSA) is 72.2 Å². The zero-order chi connectivity index (χ0) is 11.7. The molecule has 4 nitrogen and oxygen atoms in total. The first-order chi connectivity index (χ1) is 6.74. The van der Waals surface area contributed by atoms with E-state index in [9.17, 15) is 21.6 Å².